The lowest BCUT2D eigenvalue weighted by Crippen LogP contribution is -2.18. The maximum absolute atomic E-state index is 11.9. The minimum Gasteiger partial charge on any atom is -0.397 e. The molecule has 110 valence electrons. The molecule has 0 bridgehead atoms. The summed E-state index contributed by atoms with van der Waals surface area (Å²) < 4.78 is 45.1. The number of halogens is 3. The standard InChI is InChI=1S/C11H12F3N3O2S/c1-6-4-20-9(8(6)15)10-16-7(17-19-10)2-3-18-5-11(12,13)14/h4H,2-3,5,15H2,1H3. The summed E-state index contributed by atoms with van der Waals surface area (Å²) in [6.07, 6.45) is -4.19. The van der Waals surface area contributed by atoms with Crippen LogP contribution >= 0.6 is 11.3 Å². The third-order valence-electron chi connectivity index (χ3n) is 2.42. The van der Waals surface area contributed by atoms with Crippen LogP contribution in [-0.4, -0.2) is 29.5 Å². The van der Waals surface area contributed by atoms with Crippen molar-refractivity contribution in [2.24, 2.45) is 0 Å². The molecule has 0 radical (unpaired) electrons. The molecule has 0 aliphatic heterocycles. The third kappa shape index (κ3) is 3.70. The number of rotatable bonds is 5. The van der Waals surface area contributed by atoms with Gasteiger partial charge in [-0.1, -0.05) is 5.16 Å². The Kier molecular flexibility index (Phi) is 4.29. The number of nitrogens with zero attached hydrogens (tertiary/aromatic N) is 2. The van der Waals surface area contributed by atoms with Crippen LogP contribution in [0.25, 0.3) is 10.8 Å². The number of aryl methyl sites for hydroxylation is 1. The second-order valence-corrected chi connectivity index (χ2v) is 4.97. The summed E-state index contributed by atoms with van der Waals surface area (Å²) in [5, 5.41) is 5.54. The first-order chi connectivity index (χ1) is 9.37. The highest BCUT2D eigenvalue weighted by Gasteiger charge is 2.27. The fraction of sp³-hybridized carbons (Fsp3) is 0.455. The Morgan fingerprint density at radius 2 is 2.20 bits per heavy atom. The van der Waals surface area contributed by atoms with Crippen LogP contribution < -0.4 is 5.73 Å². The summed E-state index contributed by atoms with van der Waals surface area (Å²) in [5.74, 6) is 0.555. The molecule has 0 aromatic carbocycles. The molecule has 5 nitrogen and oxygen atoms in total. The van der Waals surface area contributed by atoms with E-state index in [0.29, 0.717) is 10.6 Å². The number of hydrogen-bond donors (Lipinski definition) is 1. The Bertz CT molecular complexity index is 580. The molecule has 2 rings (SSSR count). The highest BCUT2D eigenvalue weighted by atomic mass is 32.1. The van der Waals surface area contributed by atoms with Gasteiger partial charge in [0.1, 0.15) is 11.5 Å². The van der Waals surface area contributed by atoms with E-state index in [1.807, 2.05) is 12.3 Å². The topological polar surface area (TPSA) is 74.2 Å². The van der Waals surface area contributed by atoms with Crippen LogP contribution in [0.4, 0.5) is 18.9 Å². The zero-order valence-electron chi connectivity index (χ0n) is 10.5. The third-order valence-corrected chi connectivity index (χ3v) is 3.52. The van der Waals surface area contributed by atoms with Gasteiger partial charge in [0.15, 0.2) is 5.82 Å². The molecular formula is C11H12F3N3O2S. The zero-order valence-corrected chi connectivity index (χ0v) is 11.3. The van der Waals surface area contributed by atoms with Crippen molar-refractivity contribution < 1.29 is 22.4 Å². The number of anilines is 1. The Labute approximate surface area is 116 Å². The van der Waals surface area contributed by atoms with Crippen LogP contribution in [0.5, 0.6) is 0 Å². The van der Waals surface area contributed by atoms with E-state index in [1.165, 1.54) is 11.3 Å². The number of nitrogen functional groups attached to an aromatic ring is 1. The molecular weight excluding hydrogens is 295 g/mol. The first-order valence-electron chi connectivity index (χ1n) is 5.68. The molecule has 0 aliphatic rings. The monoisotopic (exact) mass is 307 g/mol. The largest absolute Gasteiger partial charge is 0.411 e. The summed E-state index contributed by atoms with van der Waals surface area (Å²) in [6, 6.07) is 0. The summed E-state index contributed by atoms with van der Waals surface area (Å²) in [7, 11) is 0. The molecule has 0 spiro atoms. The molecule has 20 heavy (non-hydrogen) atoms. The number of thiophene rings is 1. The second kappa shape index (κ2) is 5.80. The van der Waals surface area contributed by atoms with Gasteiger partial charge in [0.2, 0.25) is 0 Å². The molecule has 2 aromatic rings. The van der Waals surface area contributed by atoms with E-state index in [1.54, 1.807) is 0 Å². The van der Waals surface area contributed by atoms with Gasteiger partial charge < -0.3 is 15.0 Å². The molecule has 0 aliphatic carbocycles. The van der Waals surface area contributed by atoms with Crippen molar-refractivity contribution in [3.05, 3.63) is 16.8 Å². The molecule has 9 heteroatoms. The number of hydrogen-bond acceptors (Lipinski definition) is 6. The fourth-order valence-corrected chi connectivity index (χ4v) is 2.31. The predicted octanol–water partition coefficient (Wildman–Crippen LogP) is 2.81. The number of nitrogens with two attached hydrogens (primary N) is 1. The van der Waals surface area contributed by atoms with Crippen molar-refractivity contribution in [2.45, 2.75) is 19.5 Å². The Hall–Kier alpha value is -1.61. The van der Waals surface area contributed by atoms with Crippen LogP contribution in [0.2, 0.25) is 0 Å². The van der Waals surface area contributed by atoms with Crippen LogP contribution in [0.3, 0.4) is 0 Å². The maximum Gasteiger partial charge on any atom is 0.411 e. The lowest BCUT2D eigenvalue weighted by Gasteiger charge is -2.05. The van der Waals surface area contributed by atoms with E-state index in [0.717, 1.165) is 5.56 Å². The van der Waals surface area contributed by atoms with E-state index < -0.39 is 12.8 Å². The van der Waals surface area contributed by atoms with Crippen molar-refractivity contribution in [1.82, 2.24) is 10.1 Å². The van der Waals surface area contributed by atoms with E-state index in [-0.39, 0.29) is 24.7 Å². The van der Waals surface area contributed by atoms with Gasteiger partial charge in [0, 0.05) is 6.42 Å². The Morgan fingerprint density at radius 3 is 2.80 bits per heavy atom. The highest BCUT2D eigenvalue weighted by molar-refractivity contribution is 7.14. The van der Waals surface area contributed by atoms with Crippen molar-refractivity contribution in [1.29, 1.82) is 0 Å². The fourth-order valence-electron chi connectivity index (χ4n) is 1.42. The average Bonchev–Trinajstić information content (AvgIpc) is 2.93. The van der Waals surface area contributed by atoms with Crippen LogP contribution in [0.15, 0.2) is 9.90 Å². The van der Waals surface area contributed by atoms with Gasteiger partial charge >= 0.3 is 6.18 Å². The van der Waals surface area contributed by atoms with E-state index >= 15 is 0 Å². The lowest BCUT2D eigenvalue weighted by atomic mass is 10.3. The molecule has 0 saturated heterocycles. The van der Waals surface area contributed by atoms with Crippen LogP contribution in [0.1, 0.15) is 11.4 Å². The number of alkyl halides is 3. The van der Waals surface area contributed by atoms with Crippen molar-refractivity contribution in [3.8, 4) is 10.8 Å². The number of aromatic nitrogens is 2. The van der Waals surface area contributed by atoms with Gasteiger partial charge in [-0.3, -0.25) is 0 Å². The molecule has 0 saturated carbocycles. The van der Waals surface area contributed by atoms with Gasteiger partial charge in [-0.05, 0) is 17.9 Å². The van der Waals surface area contributed by atoms with Crippen LogP contribution in [0, 0.1) is 6.92 Å². The summed E-state index contributed by atoms with van der Waals surface area (Å²) in [6.45, 7) is 0.448. The van der Waals surface area contributed by atoms with E-state index in [9.17, 15) is 13.2 Å². The van der Waals surface area contributed by atoms with Crippen LogP contribution in [-0.2, 0) is 11.2 Å². The molecule has 0 unspecified atom stereocenters. The average molecular weight is 307 g/mol. The lowest BCUT2D eigenvalue weighted by molar-refractivity contribution is -0.173. The van der Waals surface area contributed by atoms with E-state index in [2.05, 4.69) is 14.9 Å². The normalized spacial score (nSPS) is 12.0. The van der Waals surface area contributed by atoms with Gasteiger partial charge in [0.05, 0.1) is 12.3 Å². The minimum atomic E-state index is -4.33. The van der Waals surface area contributed by atoms with Crippen molar-refractivity contribution in [3.63, 3.8) is 0 Å². The summed E-state index contributed by atoms with van der Waals surface area (Å²) in [4.78, 5) is 4.74. The van der Waals surface area contributed by atoms with E-state index in [4.69, 9.17) is 10.3 Å². The molecule has 2 aromatic heterocycles. The molecule has 0 amide bonds. The highest BCUT2D eigenvalue weighted by Crippen LogP contribution is 2.33. The number of ether oxygens (including phenoxy) is 1. The molecule has 2 N–H and O–H groups in total. The summed E-state index contributed by atoms with van der Waals surface area (Å²) in [5.41, 5.74) is 7.33. The Balaban J connectivity index is 1.91. The quantitative estimate of drug-likeness (QED) is 0.860. The zero-order chi connectivity index (χ0) is 14.8. The minimum absolute atomic E-state index is 0.128. The van der Waals surface area contributed by atoms with Gasteiger partial charge in [0.25, 0.3) is 5.89 Å². The summed E-state index contributed by atoms with van der Waals surface area (Å²) >= 11 is 1.37. The Morgan fingerprint density at radius 1 is 1.45 bits per heavy atom. The second-order valence-electron chi connectivity index (χ2n) is 4.10. The van der Waals surface area contributed by atoms with Gasteiger partial charge in [-0.2, -0.15) is 18.2 Å². The first kappa shape index (κ1) is 14.8. The molecule has 0 fully saturated rings. The van der Waals surface area contributed by atoms with Gasteiger partial charge in [-0.15, -0.1) is 11.3 Å². The molecule has 0 atom stereocenters. The predicted molar refractivity (Wildman–Crippen MR) is 67.3 cm³/mol. The maximum atomic E-state index is 11.9. The van der Waals surface area contributed by atoms with Crippen molar-refractivity contribution >= 4 is 17.0 Å². The van der Waals surface area contributed by atoms with Gasteiger partial charge in [-0.25, -0.2) is 0 Å². The van der Waals surface area contributed by atoms with Crippen molar-refractivity contribution in [2.75, 3.05) is 18.9 Å². The molecule has 2 heterocycles. The first-order valence-corrected chi connectivity index (χ1v) is 6.56. The smallest absolute Gasteiger partial charge is 0.397 e. The SMILES string of the molecule is Cc1csc(-c2nc(CCOCC(F)(F)F)no2)c1N.